The highest BCUT2D eigenvalue weighted by atomic mass is 35.5. The van der Waals surface area contributed by atoms with Crippen LogP contribution in [0.4, 0.5) is 10.1 Å². The minimum Gasteiger partial charge on any atom is -0.342 e. The molecular formula is C21H22ClFN2O2. The molecule has 1 aliphatic rings. The highest BCUT2D eigenvalue weighted by molar-refractivity contribution is 6.31. The summed E-state index contributed by atoms with van der Waals surface area (Å²) in [6.07, 6.45) is 1.23. The highest BCUT2D eigenvalue weighted by Crippen LogP contribution is 2.24. The quantitative estimate of drug-likeness (QED) is 0.853. The number of hydrogen-bond acceptors (Lipinski definition) is 2. The number of likely N-dealkylation sites (tertiary alicyclic amines) is 1. The summed E-state index contributed by atoms with van der Waals surface area (Å²) in [6.45, 7) is 2.91. The van der Waals surface area contributed by atoms with Gasteiger partial charge in [0.1, 0.15) is 5.82 Å². The van der Waals surface area contributed by atoms with E-state index in [4.69, 9.17) is 11.6 Å². The maximum Gasteiger partial charge on any atom is 0.227 e. The van der Waals surface area contributed by atoms with Crippen LogP contribution < -0.4 is 5.32 Å². The fourth-order valence-corrected chi connectivity index (χ4v) is 3.44. The number of anilines is 1. The molecule has 2 aromatic carbocycles. The summed E-state index contributed by atoms with van der Waals surface area (Å²) in [7, 11) is 0. The lowest BCUT2D eigenvalue weighted by Crippen LogP contribution is -2.42. The van der Waals surface area contributed by atoms with Crippen molar-refractivity contribution in [2.45, 2.75) is 26.2 Å². The first kappa shape index (κ1) is 19.4. The van der Waals surface area contributed by atoms with Crippen LogP contribution in [0.2, 0.25) is 5.02 Å². The smallest absolute Gasteiger partial charge is 0.227 e. The lowest BCUT2D eigenvalue weighted by molar-refractivity contribution is -0.133. The lowest BCUT2D eigenvalue weighted by Gasteiger charge is -2.31. The Morgan fingerprint density at radius 2 is 1.89 bits per heavy atom. The third-order valence-corrected chi connectivity index (χ3v) is 5.21. The predicted molar refractivity (Wildman–Crippen MR) is 104 cm³/mol. The number of aryl methyl sites for hydroxylation is 1. The molecule has 1 heterocycles. The van der Waals surface area contributed by atoms with Gasteiger partial charge in [0.2, 0.25) is 11.8 Å². The number of carbonyl (C=O) groups is 2. The van der Waals surface area contributed by atoms with E-state index in [1.807, 2.05) is 13.0 Å². The van der Waals surface area contributed by atoms with Gasteiger partial charge in [0.05, 0.1) is 6.42 Å². The molecule has 4 nitrogen and oxygen atoms in total. The van der Waals surface area contributed by atoms with Gasteiger partial charge in [-0.05, 0) is 49.1 Å². The summed E-state index contributed by atoms with van der Waals surface area (Å²) in [5, 5.41) is 3.51. The van der Waals surface area contributed by atoms with E-state index < -0.39 is 0 Å². The van der Waals surface area contributed by atoms with Crippen LogP contribution in [0.25, 0.3) is 0 Å². The SMILES string of the molecule is Cc1ccc(Cl)cc1NC(=O)C1CCN(C(=O)Cc2ccccc2F)CC1. The van der Waals surface area contributed by atoms with E-state index in [-0.39, 0.29) is 30.0 Å². The first-order valence-corrected chi connectivity index (χ1v) is 9.40. The summed E-state index contributed by atoms with van der Waals surface area (Å²) < 4.78 is 13.7. The van der Waals surface area contributed by atoms with Crippen LogP contribution in [0.5, 0.6) is 0 Å². The maximum atomic E-state index is 13.7. The van der Waals surface area contributed by atoms with Gasteiger partial charge in [-0.2, -0.15) is 0 Å². The molecule has 2 aromatic rings. The van der Waals surface area contributed by atoms with Crippen LogP contribution >= 0.6 is 11.6 Å². The third-order valence-electron chi connectivity index (χ3n) is 4.98. The van der Waals surface area contributed by atoms with Crippen molar-refractivity contribution in [3.05, 3.63) is 64.4 Å². The van der Waals surface area contributed by atoms with Crippen LogP contribution in [-0.2, 0) is 16.0 Å². The molecule has 0 aliphatic carbocycles. The van der Waals surface area contributed by atoms with Gasteiger partial charge >= 0.3 is 0 Å². The minimum absolute atomic E-state index is 0.0469. The second kappa shape index (κ2) is 8.53. The molecule has 0 bridgehead atoms. The lowest BCUT2D eigenvalue weighted by atomic mass is 9.95. The van der Waals surface area contributed by atoms with E-state index in [2.05, 4.69) is 5.32 Å². The maximum absolute atomic E-state index is 13.7. The monoisotopic (exact) mass is 388 g/mol. The van der Waals surface area contributed by atoms with Crippen molar-refractivity contribution in [1.29, 1.82) is 0 Å². The summed E-state index contributed by atoms with van der Waals surface area (Å²) in [4.78, 5) is 26.7. The number of nitrogens with zero attached hydrogens (tertiary/aromatic N) is 1. The van der Waals surface area contributed by atoms with Gasteiger partial charge in [-0.15, -0.1) is 0 Å². The molecular weight excluding hydrogens is 367 g/mol. The number of amides is 2. The predicted octanol–water partition coefficient (Wildman–Crippen LogP) is 4.21. The van der Waals surface area contributed by atoms with Crippen molar-refractivity contribution < 1.29 is 14.0 Å². The Morgan fingerprint density at radius 1 is 1.19 bits per heavy atom. The molecule has 2 amide bonds. The molecule has 0 saturated carbocycles. The second-order valence-electron chi connectivity index (χ2n) is 6.87. The number of hydrogen-bond donors (Lipinski definition) is 1. The molecule has 1 N–H and O–H groups in total. The van der Waals surface area contributed by atoms with E-state index in [9.17, 15) is 14.0 Å². The van der Waals surface area contributed by atoms with E-state index >= 15 is 0 Å². The average molecular weight is 389 g/mol. The van der Waals surface area contributed by atoms with Crippen LogP contribution in [0.1, 0.15) is 24.0 Å². The summed E-state index contributed by atoms with van der Waals surface area (Å²) in [6, 6.07) is 11.7. The van der Waals surface area contributed by atoms with Gasteiger partial charge < -0.3 is 10.2 Å². The van der Waals surface area contributed by atoms with Crippen LogP contribution in [0, 0.1) is 18.7 Å². The van der Waals surface area contributed by atoms with Crippen molar-refractivity contribution in [3.63, 3.8) is 0 Å². The first-order chi connectivity index (χ1) is 12.9. The molecule has 1 fully saturated rings. The van der Waals surface area contributed by atoms with Crippen LogP contribution in [-0.4, -0.2) is 29.8 Å². The molecule has 0 atom stereocenters. The minimum atomic E-state index is -0.364. The summed E-state index contributed by atoms with van der Waals surface area (Å²) in [5.74, 6) is -0.677. The highest BCUT2D eigenvalue weighted by Gasteiger charge is 2.27. The van der Waals surface area contributed by atoms with Crippen LogP contribution in [0.15, 0.2) is 42.5 Å². The van der Waals surface area contributed by atoms with Crippen LogP contribution in [0.3, 0.4) is 0 Å². The summed E-state index contributed by atoms with van der Waals surface area (Å²) in [5.41, 5.74) is 2.06. The Bertz CT molecular complexity index is 848. The number of nitrogens with one attached hydrogen (secondary N) is 1. The van der Waals surface area contributed by atoms with E-state index in [0.717, 1.165) is 5.56 Å². The topological polar surface area (TPSA) is 49.4 Å². The van der Waals surface area contributed by atoms with Gasteiger partial charge in [-0.1, -0.05) is 35.9 Å². The van der Waals surface area contributed by atoms with Crippen molar-refractivity contribution in [2.75, 3.05) is 18.4 Å². The number of piperidine rings is 1. The number of benzene rings is 2. The molecule has 142 valence electrons. The number of halogens is 2. The van der Waals surface area contributed by atoms with Crippen molar-refractivity contribution in [3.8, 4) is 0 Å². The zero-order chi connectivity index (χ0) is 19.4. The van der Waals surface area contributed by atoms with Crippen molar-refractivity contribution in [2.24, 2.45) is 5.92 Å². The second-order valence-corrected chi connectivity index (χ2v) is 7.31. The first-order valence-electron chi connectivity index (χ1n) is 9.02. The fraction of sp³-hybridized carbons (Fsp3) is 0.333. The zero-order valence-corrected chi connectivity index (χ0v) is 15.9. The summed E-state index contributed by atoms with van der Waals surface area (Å²) >= 11 is 6.00. The van der Waals surface area contributed by atoms with Gasteiger partial charge in [0.15, 0.2) is 0 Å². The standard InChI is InChI=1S/C21H22ClFN2O2/c1-14-6-7-17(22)13-19(14)24-21(27)15-8-10-25(11-9-15)20(26)12-16-4-2-3-5-18(16)23/h2-7,13,15H,8-12H2,1H3,(H,24,27). The molecule has 6 heteroatoms. The number of rotatable bonds is 4. The van der Waals surface area contributed by atoms with Gasteiger partial charge in [0, 0.05) is 29.7 Å². The molecule has 0 radical (unpaired) electrons. The van der Waals surface area contributed by atoms with Gasteiger partial charge in [-0.25, -0.2) is 4.39 Å². The molecule has 0 spiro atoms. The normalized spacial score (nSPS) is 14.9. The van der Waals surface area contributed by atoms with E-state index in [1.165, 1.54) is 6.07 Å². The van der Waals surface area contributed by atoms with Crippen molar-refractivity contribution >= 4 is 29.1 Å². The average Bonchev–Trinajstić information content (AvgIpc) is 2.66. The molecule has 3 rings (SSSR count). The molecule has 0 unspecified atom stereocenters. The Kier molecular flexibility index (Phi) is 6.11. The van der Waals surface area contributed by atoms with E-state index in [0.29, 0.717) is 42.2 Å². The Hall–Kier alpha value is -2.40. The van der Waals surface area contributed by atoms with Gasteiger partial charge in [-0.3, -0.25) is 9.59 Å². The Balaban J connectivity index is 1.53. The molecule has 1 aliphatic heterocycles. The van der Waals surface area contributed by atoms with E-state index in [1.54, 1.807) is 35.2 Å². The Labute approximate surface area is 163 Å². The zero-order valence-electron chi connectivity index (χ0n) is 15.2. The largest absolute Gasteiger partial charge is 0.342 e. The molecule has 27 heavy (non-hydrogen) atoms. The van der Waals surface area contributed by atoms with Gasteiger partial charge in [0.25, 0.3) is 0 Å². The third kappa shape index (κ3) is 4.86. The molecule has 0 aromatic heterocycles. The van der Waals surface area contributed by atoms with Crippen molar-refractivity contribution in [1.82, 2.24) is 4.90 Å². The fourth-order valence-electron chi connectivity index (χ4n) is 3.27. The Morgan fingerprint density at radius 3 is 2.59 bits per heavy atom. The number of carbonyl (C=O) groups excluding carboxylic acids is 2. The molecule has 1 saturated heterocycles.